The van der Waals surface area contributed by atoms with Crippen LogP contribution in [0, 0.1) is 0 Å². The molecule has 110 valence electrons. The molecule has 0 bridgehead atoms. The van der Waals surface area contributed by atoms with Gasteiger partial charge in [-0.1, -0.05) is 29.8 Å². The second kappa shape index (κ2) is 6.44. The molecule has 2 N–H and O–H groups in total. The predicted molar refractivity (Wildman–Crippen MR) is 82.0 cm³/mol. The van der Waals surface area contributed by atoms with Gasteiger partial charge in [-0.25, -0.2) is 0 Å². The van der Waals surface area contributed by atoms with Crippen LogP contribution in [-0.4, -0.2) is 41.7 Å². The van der Waals surface area contributed by atoms with Crippen molar-refractivity contribution in [2.24, 2.45) is 0 Å². The van der Waals surface area contributed by atoms with Crippen LogP contribution in [0.25, 0.3) is 0 Å². The highest BCUT2D eigenvalue weighted by Crippen LogP contribution is 2.27. The predicted octanol–water partition coefficient (Wildman–Crippen LogP) is 2.59. The molecule has 4 heteroatoms. The van der Waals surface area contributed by atoms with Gasteiger partial charge in [0.25, 0.3) is 0 Å². The van der Waals surface area contributed by atoms with Crippen molar-refractivity contribution >= 4 is 11.6 Å². The second-order valence-electron chi connectivity index (χ2n) is 6.00. The molecule has 20 heavy (non-hydrogen) atoms. The molecule has 2 aliphatic rings. The fourth-order valence-corrected chi connectivity index (χ4v) is 3.81. The molecule has 0 aromatic heterocycles. The maximum absolute atomic E-state index is 10.3. The van der Waals surface area contributed by atoms with Crippen LogP contribution < -0.4 is 5.32 Å². The fourth-order valence-electron chi connectivity index (χ4n) is 3.54. The first-order chi connectivity index (χ1) is 9.74. The van der Waals surface area contributed by atoms with Crippen molar-refractivity contribution in [2.75, 3.05) is 19.6 Å². The first kappa shape index (κ1) is 14.3. The average Bonchev–Trinajstić information content (AvgIpc) is 2.92. The maximum atomic E-state index is 10.3. The molecular formula is C16H23ClN2O. The molecule has 3 nitrogen and oxygen atoms in total. The molecular weight excluding hydrogens is 272 g/mol. The molecule has 2 fully saturated rings. The van der Waals surface area contributed by atoms with Crippen LogP contribution in [0.1, 0.15) is 37.4 Å². The molecule has 0 aliphatic carbocycles. The van der Waals surface area contributed by atoms with E-state index >= 15 is 0 Å². The summed E-state index contributed by atoms with van der Waals surface area (Å²) < 4.78 is 0. The maximum Gasteiger partial charge on any atom is 0.0928 e. The summed E-state index contributed by atoms with van der Waals surface area (Å²) >= 11 is 6.12. The Labute approximate surface area is 125 Å². The number of fused-ring (bicyclic) bond motifs is 1. The van der Waals surface area contributed by atoms with Crippen LogP contribution >= 0.6 is 11.6 Å². The fraction of sp³-hybridized carbons (Fsp3) is 0.625. The van der Waals surface area contributed by atoms with E-state index in [2.05, 4.69) is 10.2 Å². The molecule has 2 heterocycles. The summed E-state index contributed by atoms with van der Waals surface area (Å²) in [5.74, 6) is 0. The van der Waals surface area contributed by atoms with Crippen LogP contribution in [0.15, 0.2) is 24.3 Å². The summed E-state index contributed by atoms with van der Waals surface area (Å²) in [6.07, 6.45) is 4.57. The molecule has 3 rings (SSSR count). The Kier molecular flexibility index (Phi) is 4.61. The topological polar surface area (TPSA) is 35.5 Å². The van der Waals surface area contributed by atoms with Crippen molar-refractivity contribution in [3.8, 4) is 0 Å². The van der Waals surface area contributed by atoms with E-state index in [-0.39, 0.29) is 0 Å². The standard InChI is InChI=1S/C16H23ClN2O/c17-15-6-2-1-5-14(15)16(20)11-18-12-7-9-19-8-3-4-13(19)10-12/h1-2,5-6,12-13,16,18,20H,3-4,7-11H2. The third-order valence-electron chi connectivity index (χ3n) is 4.68. The summed E-state index contributed by atoms with van der Waals surface area (Å²) in [6, 6.07) is 8.83. The third kappa shape index (κ3) is 3.17. The van der Waals surface area contributed by atoms with E-state index in [4.69, 9.17) is 11.6 Å². The van der Waals surface area contributed by atoms with Crippen molar-refractivity contribution in [1.29, 1.82) is 0 Å². The Morgan fingerprint density at radius 2 is 2.15 bits per heavy atom. The van der Waals surface area contributed by atoms with E-state index in [1.165, 1.54) is 38.8 Å². The lowest BCUT2D eigenvalue weighted by Gasteiger charge is -2.35. The molecule has 0 saturated carbocycles. The van der Waals surface area contributed by atoms with Crippen molar-refractivity contribution in [3.05, 3.63) is 34.9 Å². The quantitative estimate of drug-likeness (QED) is 0.896. The van der Waals surface area contributed by atoms with Gasteiger partial charge in [0.1, 0.15) is 0 Å². The lowest BCUT2D eigenvalue weighted by Crippen LogP contribution is -2.46. The highest BCUT2D eigenvalue weighted by molar-refractivity contribution is 6.31. The Balaban J connectivity index is 1.51. The first-order valence-corrected chi connectivity index (χ1v) is 8.02. The molecule has 3 atom stereocenters. The minimum absolute atomic E-state index is 0.523. The number of aliphatic hydroxyl groups excluding tert-OH is 1. The number of hydrogen-bond donors (Lipinski definition) is 2. The monoisotopic (exact) mass is 294 g/mol. The van der Waals surface area contributed by atoms with Gasteiger partial charge in [0.2, 0.25) is 0 Å². The zero-order chi connectivity index (χ0) is 13.9. The zero-order valence-corrected chi connectivity index (χ0v) is 12.5. The second-order valence-corrected chi connectivity index (χ2v) is 6.41. The lowest BCUT2D eigenvalue weighted by atomic mass is 9.97. The number of hydrogen-bond acceptors (Lipinski definition) is 3. The molecule has 1 aromatic rings. The zero-order valence-electron chi connectivity index (χ0n) is 11.8. The summed E-state index contributed by atoms with van der Waals surface area (Å²) in [6.45, 7) is 3.06. The summed E-state index contributed by atoms with van der Waals surface area (Å²) in [5, 5.41) is 14.4. The van der Waals surface area contributed by atoms with Crippen LogP contribution in [0.3, 0.4) is 0 Å². The Hall–Kier alpha value is -0.610. The van der Waals surface area contributed by atoms with E-state index in [1.807, 2.05) is 24.3 Å². The van der Waals surface area contributed by atoms with E-state index in [0.717, 1.165) is 11.6 Å². The van der Waals surface area contributed by atoms with Gasteiger partial charge in [-0.05, 0) is 44.8 Å². The molecule has 2 saturated heterocycles. The number of rotatable bonds is 4. The molecule has 0 radical (unpaired) electrons. The first-order valence-electron chi connectivity index (χ1n) is 7.64. The van der Waals surface area contributed by atoms with Crippen molar-refractivity contribution in [3.63, 3.8) is 0 Å². The smallest absolute Gasteiger partial charge is 0.0928 e. The minimum atomic E-state index is -0.523. The van der Waals surface area contributed by atoms with Crippen LogP contribution in [-0.2, 0) is 0 Å². The van der Waals surface area contributed by atoms with Gasteiger partial charge in [0.15, 0.2) is 0 Å². The largest absolute Gasteiger partial charge is 0.387 e. The third-order valence-corrected chi connectivity index (χ3v) is 5.03. The van der Waals surface area contributed by atoms with Crippen molar-refractivity contribution in [1.82, 2.24) is 10.2 Å². The van der Waals surface area contributed by atoms with Crippen LogP contribution in [0.5, 0.6) is 0 Å². The molecule has 2 aliphatic heterocycles. The van der Waals surface area contributed by atoms with Crippen molar-refractivity contribution in [2.45, 2.75) is 43.9 Å². The molecule has 1 aromatic carbocycles. The minimum Gasteiger partial charge on any atom is -0.387 e. The lowest BCUT2D eigenvalue weighted by molar-refractivity contribution is 0.138. The van der Waals surface area contributed by atoms with E-state index in [1.54, 1.807) is 0 Å². The SMILES string of the molecule is OC(CNC1CCN2CCCC2C1)c1ccccc1Cl. The van der Waals surface area contributed by atoms with Crippen LogP contribution in [0.4, 0.5) is 0 Å². The van der Waals surface area contributed by atoms with Gasteiger partial charge < -0.3 is 15.3 Å². The number of halogens is 1. The number of piperidine rings is 1. The summed E-state index contributed by atoms with van der Waals surface area (Å²) in [7, 11) is 0. The van der Waals surface area contributed by atoms with Crippen molar-refractivity contribution < 1.29 is 5.11 Å². The highest BCUT2D eigenvalue weighted by Gasteiger charge is 2.31. The van der Waals surface area contributed by atoms with Gasteiger partial charge in [-0.3, -0.25) is 0 Å². The normalized spacial score (nSPS) is 28.3. The Morgan fingerprint density at radius 1 is 1.30 bits per heavy atom. The highest BCUT2D eigenvalue weighted by atomic mass is 35.5. The number of nitrogens with zero attached hydrogens (tertiary/aromatic N) is 1. The van der Waals surface area contributed by atoms with Gasteiger partial charge >= 0.3 is 0 Å². The average molecular weight is 295 g/mol. The van der Waals surface area contributed by atoms with Gasteiger partial charge in [0.05, 0.1) is 6.10 Å². The summed E-state index contributed by atoms with van der Waals surface area (Å²) in [5.41, 5.74) is 0.819. The number of aliphatic hydroxyl groups is 1. The van der Waals surface area contributed by atoms with Gasteiger partial charge in [0, 0.05) is 29.2 Å². The number of benzene rings is 1. The summed E-state index contributed by atoms with van der Waals surface area (Å²) in [4.78, 5) is 2.61. The Bertz CT molecular complexity index is 454. The number of nitrogens with one attached hydrogen (secondary N) is 1. The van der Waals surface area contributed by atoms with E-state index in [9.17, 15) is 5.11 Å². The molecule has 0 amide bonds. The molecule has 0 spiro atoms. The van der Waals surface area contributed by atoms with Gasteiger partial charge in [-0.15, -0.1) is 0 Å². The van der Waals surface area contributed by atoms with E-state index < -0.39 is 6.10 Å². The molecule has 3 unspecified atom stereocenters. The van der Waals surface area contributed by atoms with Gasteiger partial charge in [-0.2, -0.15) is 0 Å². The van der Waals surface area contributed by atoms with E-state index in [0.29, 0.717) is 17.6 Å². The van der Waals surface area contributed by atoms with Crippen LogP contribution in [0.2, 0.25) is 5.02 Å². The Morgan fingerprint density at radius 3 is 3.00 bits per heavy atom.